The van der Waals surface area contributed by atoms with Gasteiger partial charge in [-0.25, -0.2) is 9.97 Å². The summed E-state index contributed by atoms with van der Waals surface area (Å²) in [5.41, 5.74) is 1.76. The molecule has 2 atom stereocenters. The van der Waals surface area contributed by atoms with Gasteiger partial charge in [-0.3, -0.25) is 9.59 Å². The summed E-state index contributed by atoms with van der Waals surface area (Å²) in [4.78, 5) is 36.9. The Morgan fingerprint density at radius 3 is 2.68 bits per heavy atom. The number of carbonyl (C=O) groups is 2. The van der Waals surface area contributed by atoms with Crippen LogP contribution in [0.4, 0.5) is 0 Å². The number of ketones is 1. The fourth-order valence-electron chi connectivity index (χ4n) is 3.78. The third-order valence-corrected chi connectivity index (χ3v) is 7.09. The number of aliphatic hydroxyl groups is 1. The molecular weight excluding hydrogens is 434 g/mol. The van der Waals surface area contributed by atoms with Gasteiger partial charge in [0.25, 0.3) is 0 Å². The molecule has 3 heterocycles. The molecule has 3 aromatic rings. The molecule has 1 aliphatic rings. The van der Waals surface area contributed by atoms with Crippen molar-refractivity contribution in [3.63, 3.8) is 0 Å². The Morgan fingerprint density at radius 1 is 1.23 bits per heavy atom. The molecule has 9 heteroatoms. The van der Waals surface area contributed by atoms with Gasteiger partial charge in [-0.1, -0.05) is 18.2 Å². The van der Waals surface area contributed by atoms with Gasteiger partial charge in [0.15, 0.2) is 5.78 Å². The molecule has 0 aliphatic carbocycles. The number of para-hydroxylation sites is 1. The maximum absolute atomic E-state index is 13.1. The summed E-state index contributed by atoms with van der Waals surface area (Å²) >= 11 is 3.02. The van der Waals surface area contributed by atoms with Gasteiger partial charge in [0.05, 0.1) is 40.3 Å². The zero-order valence-corrected chi connectivity index (χ0v) is 18.9. The van der Waals surface area contributed by atoms with E-state index in [-0.39, 0.29) is 24.9 Å². The fraction of sp³-hybridized carbons (Fsp3) is 0.364. The number of aromatic nitrogens is 2. The number of amides is 1. The van der Waals surface area contributed by atoms with Crippen LogP contribution in [0.25, 0.3) is 10.6 Å². The highest BCUT2D eigenvalue weighted by atomic mass is 32.1. The van der Waals surface area contributed by atoms with Crippen molar-refractivity contribution in [2.24, 2.45) is 0 Å². The van der Waals surface area contributed by atoms with E-state index in [0.717, 1.165) is 21.3 Å². The number of rotatable bonds is 7. The van der Waals surface area contributed by atoms with Gasteiger partial charge in [0, 0.05) is 11.8 Å². The monoisotopic (exact) mass is 457 g/mol. The number of hydrogen-bond acceptors (Lipinski definition) is 8. The second-order valence-electron chi connectivity index (χ2n) is 7.43. The van der Waals surface area contributed by atoms with E-state index < -0.39 is 18.6 Å². The zero-order chi connectivity index (χ0) is 22.0. The normalized spacial score (nSPS) is 18.4. The minimum atomic E-state index is -0.632. The van der Waals surface area contributed by atoms with Crippen molar-refractivity contribution in [3.05, 3.63) is 51.4 Å². The number of likely N-dealkylation sites (tertiary alicyclic amines) is 1. The number of ether oxygens (including phenoxy) is 1. The van der Waals surface area contributed by atoms with Crippen LogP contribution in [0.5, 0.6) is 5.75 Å². The largest absolute Gasteiger partial charge is 0.488 e. The highest BCUT2D eigenvalue weighted by Gasteiger charge is 2.40. The van der Waals surface area contributed by atoms with Crippen LogP contribution < -0.4 is 4.74 Å². The Kier molecular flexibility index (Phi) is 6.45. The van der Waals surface area contributed by atoms with Crippen LogP contribution in [0.15, 0.2) is 35.7 Å². The van der Waals surface area contributed by atoms with Crippen LogP contribution in [0.2, 0.25) is 0 Å². The lowest BCUT2D eigenvalue weighted by molar-refractivity contribution is -0.139. The molecule has 0 radical (unpaired) electrons. The maximum atomic E-state index is 13.1. The summed E-state index contributed by atoms with van der Waals surface area (Å²) in [6.45, 7) is 3.55. The Morgan fingerprint density at radius 2 is 2.00 bits per heavy atom. The van der Waals surface area contributed by atoms with E-state index in [4.69, 9.17) is 4.74 Å². The predicted octanol–water partition coefficient (Wildman–Crippen LogP) is 3.04. The number of nitrogens with zero attached hydrogens (tertiary/aromatic N) is 3. The molecule has 1 N–H and O–H groups in total. The van der Waals surface area contributed by atoms with Crippen LogP contribution in [0.1, 0.15) is 22.1 Å². The summed E-state index contributed by atoms with van der Waals surface area (Å²) < 4.78 is 5.96. The molecule has 4 rings (SSSR count). The van der Waals surface area contributed by atoms with Crippen molar-refractivity contribution in [2.45, 2.75) is 38.8 Å². The second kappa shape index (κ2) is 9.25. The van der Waals surface area contributed by atoms with E-state index >= 15 is 0 Å². The lowest BCUT2D eigenvalue weighted by Crippen LogP contribution is -2.42. The van der Waals surface area contributed by atoms with Gasteiger partial charge in [-0.05, 0) is 26.0 Å². The molecule has 0 spiro atoms. The lowest BCUT2D eigenvalue weighted by atomic mass is 10.1. The Bertz CT molecular complexity index is 1080. The van der Waals surface area contributed by atoms with Crippen LogP contribution in [-0.4, -0.2) is 57.0 Å². The third kappa shape index (κ3) is 4.84. The van der Waals surface area contributed by atoms with E-state index in [1.165, 1.54) is 16.2 Å². The highest BCUT2D eigenvalue weighted by molar-refractivity contribution is 7.16. The van der Waals surface area contributed by atoms with Crippen LogP contribution >= 0.6 is 22.7 Å². The average Bonchev–Trinajstić information content (AvgIpc) is 3.47. The first-order valence-electron chi connectivity index (χ1n) is 9.98. The molecule has 0 unspecified atom stereocenters. The third-order valence-electron chi connectivity index (χ3n) is 5.15. The zero-order valence-electron chi connectivity index (χ0n) is 17.3. The number of Topliss-reactive ketones (excluding diaryl/α,β-unsaturated/α-hetero) is 1. The molecule has 1 aliphatic heterocycles. The molecule has 1 fully saturated rings. The molecule has 0 bridgehead atoms. The molecule has 0 saturated carbocycles. The molecule has 7 nitrogen and oxygen atoms in total. The second-order valence-corrected chi connectivity index (χ2v) is 9.57. The van der Waals surface area contributed by atoms with Crippen LogP contribution in [0.3, 0.4) is 0 Å². The summed E-state index contributed by atoms with van der Waals surface area (Å²) in [6.07, 6.45) is 0.228. The number of benzene rings is 1. The minimum absolute atomic E-state index is 0.0981. The molecule has 1 saturated heterocycles. The number of hydrogen-bond donors (Lipinski definition) is 1. The van der Waals surface area contributed by atoms with Crippen molar-refractivity contribution in [2.75, 3.05) is 13.2 Å². The van der Waals surface area contributed by atoms with Gasteiger partial charge in [-0.2, -0.15) is 0 Å². The number of carbonyl (C=O) groups excluding carboxylic acids is 2. The van der Waals surface area contributed by atoms with Gasteiger partial charge < -0.3 is 14.7 Å². The van der Waals surface area contributed by atoms with E-state index in [9.17, 15) is 14.7 Å². The highest BCUT2D eigenvalue weighted by Crippen LogP contribution is 2.31. The van der Waals surface area contributed by atoms with Crippen molar-refractivity contribution in [3.8, 4) is 16.3 Å². The fourth-order valence-corrected chi connectivity index (χ4v) is 5.53. The summed E-state index contributed by atoms with van der Waals surface area (Å²) in [6, 6.07) is 8.69. The Hall–Kier alpha value is -2.62. The standard InChI is InChI=1S/C22H23N3O4S2/c1-13-22(31-14(2)23-13)17-12-30-20(24-17)9-19(27)18-8-16(10-25(18)21(28)11-26)29-15-6-4-3-5-7-15/h3-7,12,16,18,26H,8-11H2,1-2H3/t16-,18+/m1/s1. The lowest BCUT2D eigenvalue weighted by Gasteiger charge is -2.22. The predicted molar refractivity (Wildman–Crippen MR) is 119 cm³/mol. The number of aliphatic hydroxyl groups excluding tert-OH is 1. The molecule has 1 amide bonds. The average molecular weight is 458 g/mol. The van der Waals surface area contributed by atoms with Crippen molar-refractivity contribution in [1.82, 2.24) is 14.9 Å². The molecule has 1 aromatic carbocycles. The van der Waals surface area contributed by atoms with E-state index in [1.54, 1.807) is 11.3 Å². The number of thiazole rings is 2. The quantitative estimate of drug-likeness (QED) is 0.586. The van der Waals surface area contributed by atoms with E-state index in [2.05, 4.69) is 9.97 Å². The van der Waals surface area contributed by atoms with Gasteiger partial charge in [-0.15, -0.1) is 22.7 Å². The minimum Gasteiger partial charge on any atom is -0.488 e. The molecule has 2 aromatic heterocycles. The SMILES string of the molecule is Cc1nc(C)c(-c2csc(CC(=O)[C@@H]3C[C@@H](Oc4ccccc4)CN3C(=O)CO)n2)s1. The van der Waals surface area contributed by atoms with Crippen LogP contribution in [0, 0.1) is 13.8 Å². The smallest absolute Gasteiger partial charge is 0.249 e. The van der Waals surface area contributed by atoms with Crippen LogP contribution in [-0.2, 0) is 16.0 Å². The van der Waals surface area contributed by atoms with E-state index in [1.807, 2.05) is 49.6 Å². The van der Waals surface area contributed by atoms with Gasteiger partial charge >= 0.3 is 0 Å². The summed E-state index contributed by atoms with van der Waals surface area (Å²) in [7, 11) is 0. The summed E-state index contributed by atoms with van der Waals surface area (Å²) in [5.74, 6) is 0.129. The van der Waals surface area contributed by atoms with Crippen molar-refractivity contribution >= 4 is 34.4 Å². The van der Waals surface area contributed by atoms with Crippen molar-refractivity contribution < 1.29 is 19.4 Å². The maximum Gasteiger partial charge on any atom is 0.249 e. The Balaban J connectivity index is 1.47. The van der Waals surface area contributed by atoms with Gasteiger partial charge in [0.2, 0.25) is 5.91 Å². The molecule has 31 heavy (non-hydrogen) atoms. The molecule has 162 valence electrons. The van der Waals surface area contributed by atoms with Crippen molar-refractivity contribution in [1.29, 1.82) is 0 Å². The molecular formula is C22H23N3O4S2. The first-order chi connectivity index (χ1) is 14.9. The van der Waals surface area contributed by atoms with E-state index in [0.29, 0.717) is 17.2 Å². The number of aryl methyl sites for hydroxylation is 2. The topological polar surface area (TPSA) is 92.6 Å². The first-order valence-corrected chi connectivity index (χ1v) is 11.7. The van der Waals surface area contributed by atoms with Gasteiger partial charge in [0.1, 0.15) is 23.5 Å². The first kappa shape index (κ1) is 21.6. The summed E-state index contributed by atoms with van der Waals surface area (Å²) in [5, 5.41) is 13.0. The Labute approximate surface area is 188 Å².